The lowest BCUT2D eigenvalue weighted by atomic mass is 10.0. The van der Waals surface area contributed by atoms with E-state index in [9.17, 15) is 19.9 Å². The third-order valence-corrected chi connectivity index (χ3v) is 8.17. The summed E-state index contributed by atoms with van der Waals surface area (Å²) in [6.07, 6.45) is 0.689. The summed E-state index contributed by atoms with van der Waals surface area (Å²) in [5.74, 6) is -0.212. The number of amides is 2. The van der Waals surface area contributed by atoms with E-state index in [-0.39, 0.29) is 30.6 Å². The quantitative estimate of drug-likeness (QED) is 0.149. The average molecular weight is 555 g/mol. The van der Waals surface area contributed by atoms with Crippen molar-refractivity contribution in [2.75, 3.05) is 10.7 Å². The van der Waals surface area contributed by atoms with Crippen LogP contribution in [0.5, 0.6) is 0 Å². The third-order valence-electron chi connectivity index (χ3n) is 7.02. The van der Waals surface area contributed by atoms with Crippen LogP contribution in [0.4, 0.5) is 5.69 Å². The summed E-state index contributed by atoms with van der Waals surface area (Å²) in [6, 6.07) is 26.7. The van der Waals surface area contributed by atoms with Crippen LogP contribution in [0.25, 0.3) is 0 Å². The first-order chi connectivity index (χ1) is 19.5. The van der Waals surface area contributed by atoms with Gasteiger partial charge in [-0.3, -0.25) is 9.59 Å². The largest absolute Gasteiger partial charge is 0.618 e. The number of carbonyl (C=O) groups is 2. The van der Waals surface area contributed by atoms with E-state index in [4.69, 9.17) is 9.47 Å². The first kappa shape index (κ1) is 26.2. The molecule has 4 aromatic rings. The molecule has 202 valence electrons. The normalized spacial score (nSPS) is 20.5. The van der Waals surface area contributed by atoms with Crippen LogP contribution in [0.15, 0.2) is 102 Å². The lowest BCUT2D eigenvalue weighted by Gasteiger charge is -2.36. The van der Waals surface area contributed by atoms with Crippen LogP contribution in [0.2, 0.25) is 0 Å². The SMILES string of the molecule is O=C1c2ccccc2C(=O)N1c1cccc([C@@H]2O[C@H](CSc3cccc[n+]3[O-])C[C@H](c3ccc(CO)cc3)O2)c1. The van der Waals surface area contributed by atoms with Gasteiger partial charge in [-0.15, -0.1) is 0 Å². The van der Waals surface area contributed by atoms with Crippen molar-refractivity contribution in [3.8, 4) is 0 Å². The molecule has 2 aliphatic rings. The fourth-order valence-corrected chi connectivity index (χ4v) is 5.89. The van der Waals surface area contributed by atoms with Crippen molar-refractivity contribution in [2.24, 2.45) is 0 Å². The monoisotopic (exact) mass is 554 g/mol. The second-order valence-electron chi connectivity index (χ2n) is 9.61. The molecule has 2 amide bonds. The van der Waals surface area contributed by atoms with E-state index >= 15 is 0 Å². The highest BCUT2D eigenvalue weighted by molar-refractivity contribution is 7.99. The van der Waals surface area contributed by atoms with Crippen molar-refractivity contribution < 1.29 is 28.9 Å². The van der Waals surface area contributed by atoms with Gasteiger partial charge in [-0.2, -0.15) is 4.73 Å². The van der Waals surface area contributed by atoms with Crippen LogP contribution < -0.4 is 9.63 Å². The number of rotatable bonds is 7. The first-order valence-corrected chi connectivity index (χ1v) is 13.9. The van der Waals surface area contributed by atoms with E-state index in [1.807, 2.05) is 36.4 Å². The van der Waals surface area contributed by atoms with Gasteiger partial charge in [0.05, 0.1) is 35.6 Å². The molecule has 8 nitrogen and oxygen atoms in total. The number of ether oxygens (including phenoxy) is 2. The molecule has 0 aliphatic carbocycles. The topological polar surface area (TPSA) is 103 Å². The Kier molecular flexibility index (Phi) is 7.36. The lowest BCUT2D eigenvalue weighted by Crippen LogP contribution is -2.33. The summed E-state index contributed by atoms with van der Waals surface area (Å²) in [6.45, 7) is -0.0479. The Balaban J connectivity index is 1.28. The van der Waals surface area contributed by atoms with Crippen molar-refractivity contribution in [3.05, 3.63) is 130 Å². The van der Waals surface area contributed by atoms with Gasteiger partial charge in [0.15, 0.2) is 12.5 Å². The molecule has 40 heavy (non-hydrogen) atoms. The number of benzene rings is 3. The van der Waals surface area contributed by atoms with Crippen LogP contribution in [0, 0.1) is 5.21 Å². The molecule has 2 aliphatic heterocycles. The van der Waals surface area contributed by atoms with E-state index in [1.165, 1.54) is 22.9 Å². The molecule has 9 heteroatoms. The van der Waals surface area contributed by atoms with Crippen LogP contribution in [-0.2, 0) is 16.1 Å². The van der Waals surface area contributed by atoms with Gasteiger partial charge in [-0.05, 0) is 41.5 Å². The minimum absolute atomic E-state index is 0.0479. The Morgan fingerprint density at radius 3 is 2.30 bits per heavy atom. The molecule has 1 aromatic heterocycles. The molecule has 1 N–H and O–H groups in total. The Hall–Kier alpha value is -4.02. The zero-order valence-corrected chi connectivity index (χ0v) is 22.2. The standard InChI is InChI=1S/C31H26N2O6S/c34-18-20-11-13-21(14-12-20)27-17-24(19-40-28-10-3-4-15-32(28)37)38-31(39-27)22-6-5-7-23(16-22)33-29(35)25-8-1-2-9-26(25)30(33)36/h1-16,24,27,31,34H,17-19H2/t24-,27+,31+/m0/s1. The van der Waals surface area contributed by atoms with Gasteiger partial charge < -0.3 is 19.8 Å². The zero-order valence-electron chi connectivity index (χ0n) is 21.4. The molecule has 3 heterocycles. The van der Waals surface area contributed by atoms with E-state index < -0.39 is 6.29 Å². The zero-order chi connectivity index (χ0) is 27.6. The third kappa shape index (κ3) is 5.12. The predicted molar refractivity (Wildman–Crippen MR) is 149 cm³/mol. The molecule has 3 atom stereocenters. The van der Waals surface area contributed by atoms with E-state index in [0.717, 1.165) is 15.9 Å². The van der Waals surface area contributed by atoms with Gasteiger partial charge in [0.1, 0.15) is 0 Å². The van der Waals surface area contributed by atoms with Gasteiger partial charge in [0.25, 0.3) is 16.8 Å². The number of thioether (sulfide) groups is 1. The van der Waals surface area contributed by atoms with Gasteiger partial charge in [0.2, 0.25) is 0 Å². The summed E-state index contributed by atoms with van der Waals surface area (Å²) in [5.41, 5.74) is 3.60. The van der Waals surface area contributed by atoms with E-state index in [2.05, 4.69) is 0 Å². The maximum Gasteiger partial charge on any atom is 0.266 e. The van der Waals surface area contributed by atoms with Gasteiger partial charge in [-0.25, -0.2) is 4.90 Å². The molecular formula is C31H26N2O6S. The summed E-state index contributed by atoms with van der Waals surface area (Å²) >= 11 is 1.41. The number of hydrogen-bond acceptors (Lipinski definition) is 7. The minimum Gasteiger partial charge on any atom is -0.618 e. The molecule has 1 saturated heterocycles. The molecule has 0 unspecified atom stereocenters. The number of aliphatic hydroxyl groups excluding tert-OH is 1. The highest BCUT2D eigenvalue weighted by Crippen LogP contribution is 2.40. The van der Waals surface area contributed by atoms with Crippen LogP contribution in [-0.4, -0.2) is 28.8 Å². The number of imide groups is 1. The van der Waals surface area contributed by atoms with Crippen molar-refractivity contribution in [1.82, 2.24) is 0 Å². The van der Waals surface area contributed by atoms with Crippen molar-refractivity contribution in [3.63, 3.8) is 0 Å². The fourth-order valence-electron chi connectivity index (χ4n) is 4.96. The maximum atomic E-state index is 13.1. The highest BCUT2D eigenvalue weighted by Gasteiger charge is 2.37. The Labute approximate surface area is 235 Å². The number of nitrogens with zero attached hydrogens (tertiary/aromatic N) is 2. The first-order valence-electron chi connectivity index (χ1n) is 12.9. The summed E-state index contributed by atoms with van der Waals surface area (Å²) in [4.78, 5) is 27.3. The second kappa shape index (κ2) is 11.2. The van der Waals surface area contributed by atoms with Crippen LogP contribution in [0.3, 0.4) is 0 Å². The number of anilines is 1. The molecule has 0 radical (unpaired) electrons. The summed E-state index contributed by atoms with van der Waals surface area (Å²) in [7, 11) is 0. The second-order valence-corrected chi connectivity index (χ2v) is 10.7. The maximum absolute atomic E-state index is 13.1. The van der Waals surface area contributed by atoms with Gasteiger partial charge >= 0.3 is 0 Å². The van der Waals surface area contributed by atoms with Crippen LogP contribution >= 0.6 is 11.8 Å². The predicted octanol–water partition coefficient (Wildman–Crippen LogP) is 4.95. The molecule has 6 rings (SSSR count). The number of aliphatic hydroxyl groups is 1. The summed E-state index contributed by atoms with van der Waals surface area (Å²) < 4.78 is 13.6. The van der Waals surface area contributed by atoms with Gasteiger partial charge in [0, 0.05) is 29.9 Å². The molecule has 0 spiro atoms. The number of fused-ring (bicyclic) bond motifs is 1. The fraction of sp³-hybridized carbons (Fsp3) is 0.194. The molecule has 0 bridgehead atoms. The van der Waals surface area contributed by atoms with E-state index in [1.54, 1.807) is 54.6 Å². The number of hydrogen-bond donors (Lipinski definition) is 1. The van der Waals surface area contributed by atoms with E-state index in [0.29, 0.717) is 39.6 Å². The molecule has 0 saturated carbocycles. The number of aromatic nitrogens is 1. The molecular weight excluding hydrogens is 528 g/mol. The smallest absolute Gasteiger partial charge is 0.266 e. The highest BCUT2D eigenvalue weighted by atomic mass is 32.2. The lowest BCUT2D eigenvalue weighted by molar-refractivity contribution is -0.645. The Bertz CT molecular complexity index is 1520. The number of pyridine rings is 1. The van der Waals surface area contributed by atoms with Crippen LogP contribution in [0.1, 0.15) is 56.2 Å². The average Bonchev–Trinajstić information content (AvgIpc) is 3.26. The Morgan fingerprint density at radius 1 is 0.875 bits per heavy atom. The van der Waals surface area contributed by atoms with Gasteiger partial charge in [-0.1, -0.05) is 60.3 Å². The van der Waals surface area contributed by atoms with Crippen molar-refractivity contribution in [1.29, 1.82) is 0 Å². The molecule has 3 aromatic carbocycles. The Morgan fingerprint density at radius 2 is 1.60 bits per heavy atom. The summed E-state index contributed by atoms with van der Waals surface area (Å²) in [5, 5.41) is 22.2. The van der Waals surface area contributed by atoms with Crippen molar-refractivity contribution in [2.45, 2.75) is 36.6 Å². The number of carbonyl (C=O) groups excluding carboxylic acids is 2. The minimum atomic E-state index is -0.771. The molecule has 1 fully saturated rings. The van der Waals surface area contributed by atoms with Crippen molar-refractivity contribution >= 4 is 29.3 Å².